The number of anilines is 1. The van der Waals surface area contributed by atoms with E-state index in [1.807, 2.05) is 20.8 Å². The second-order valence-corrected chi connectivity index (χ2v) is 6.14. The number of halogens is 1. The summed E-state index contributed by atoms with van der Waals surface area (Å²) in [4.78, 5) is 23.9. The van der Waals surface area contributed by atoms with Crippen molar-refractivity contribution in [1.29, 1.82) is 0 Å². The van der Waals surface area contributed by atoms with E-state index in [1.54, 1.807) is 13.0 Å². The van der Waals surface area contributed by atoms with Crippen LogP contribution in [-0.2, 0) is 4.79 Å². The van der Waals surface area contributed by atoms with Crippen LogP contribution in [0.2, 0.25) is 5.02 Å². The summed E-state index contributed by atoms with van der Waals surface area (Å²) in [5.74, 6) is -0.642. The van der Waals surface area contributed by atoms with Gasteiger partial charge in [0.1, 0.15) is 6.04 Å². The second kappa shape index (κ2) is 6.13. The third kappa shape index (κ3) is 5.09. The minimum atomic E-state index is -0.651. The molecule has 5 nitrogen and oxygen atoms in total. The Morgan fingerprint density at radius 3 is 2.35 bits per heavy atom. The smallest absolute Gasteiger partial charge is 0.252 e. The maximum atomic E-state index is 12.0. The number of nitrogen functional groups attached to an aromatic ring is 1. The zero-order valence-electron chi connectivity index (χ0n) is 12.1. The molecule has 2 amide bonds. The highest BCUT2D eigenvalue weighted by atomic mass is 35.5. The van der Waals surface area contributed by atoms with Crippen LogP contribution < -0.4 is 16.4 Å². The van der Waals surface area contributed by atoms with Crippen LogP contribution in [0, 0.1) is 0 Å². The lowest BCUT2D eigenvalue weighted by Gasteiger charge is -2.23. The Kier molecular flexibility index (Phi) is 5.00. The van der Waals surface area contributed by atoms with Crippen LogP contribution in [0.4, 0.5) is 5.69 Å². The van der Waals surface area contributed by atoms with Crippen molar-refractivity contribution >= 4 is 29.1 Å². The highest BCUT2D eigenvalue weighted by Crippen LogP contribution is 2.16. The van der Waals surface area contributed by atoms with Gasteiger partial charge in [-0.1, -0.05) is 11.6 Å². The quantitative estimate of drug-likeness (QED) is 0.746. The summed E-state index contributed by atoms with van der Waals surface area (Å²) < 4.78 is 0. The molecule has 20 heavy (non-hydrogen) atoms. The van der Waals surface area contributed by atoms with Crippen molar-refractivity contribution in [3.8, 4) is 0 Å². The number of hydrogen-bond donors (Lipinski definition) is 3. The highest BCUT2D eigenvalue weighted by molar-refractivity contribution is 6.31. The highest BCUT2D eigenvalue weighted by Gasteiger charge is 2.21. The van der Waals surface area contributed by atoms with Gasteiger partial charge in [0.25, 0.3) is 5.91 Å². The summed E-state index contributed by atoms with van der Waals surface area (Å²) in [5, 5.41) is 5.78. The molecule has 0 bridgehead atoms. The molecule has 0 heterocycles. The van der Waals surface area contributed by atoms with Crippen molar-refractivity contribution < 1.29 is 9.59 Å². The van der Waals surface area contributed by atoms with Gasteiger partial charge in [-0.05, 0) is 45.9 Å². The first-order valence-corrected chi connectivity index (χ1v) is 6.65. The van der Waals surface area contributed by atoms with E-state index in [0.29, 0.717) is 16.3 Å². The number of nitrogens with two attached hydrogens (primary N) is 1. The molecule has 1 atom stereocenters. The molecule has 0 spiro atoms. The average molecular weight is 298 g/mol. The van der Waals surface area contributed by atoms with Crippen LogP contribution in [-0.4, -0.2) is 23.4 Å². The zero-order chi connectivity index (χ0) is 15.5. The monoisotopic (exact) mass is 297 g/mol. The molecule has 0 aliphatic carbocycles. The van der Waals surface area contributed by atoms with Crippen LogP contribution in [0.15, 0.2) is 18.2 Å². The van der Waals surface area contributed by atoms with Crippen molar-refractivity contribution in [1.82, 2.24) is 10.6 Å². The van der Waals surface area contributed by atoms with Crippen molar-refractivity contribution in [3.63, 3.8) is 0 Å². The molecule has 0 radical (unpaired) electrons. The molecule has 0 saturated heterocycles. The van der Waals surface area contributed by atoms with Gasteiger partial charge in [0.2, 0.25) is 5.91 Å². The molecule has 0 aromatic heterocycles. The molecule has 0 fully saturated rings. The number of carbonyl (C=O) groups excluding carboxylic acids is 2. The van der Waals surface area contributed by atoms with Gasteiger partial charge >= 0.3 is 0 Å². The molecular weight excluding hydrogens is 278 g/mol. The van der Waals surface area contributed by atoms with E-state index in [2.05, 4.69) is 10.6 Å². The summed E-state index contributed by atoms with van der Waals surface area (Å²) in [7, 11) is 0. The number of amides is 2. The first-order chi connectivity index (χ1) is 9.08. The summed E-state index contributed by atoms with van der Waals surface area (Å²) in [6.45, 7) is 7.23. The van der Waals surface area contributed by atoms with Gasteiger partial charge in [-0.2, -0.15) is 0 Å². The van der Waals surface area contributed by atoms with Crippen molar-refractivity contribution in [2.45, 2.75) is 39.3 Å². The van der Waals surface area contributed by atoms with Crippen molar-refractivity contribution in [2.24, 2.45) is 0 Å². The average Bonchev–Trinajstić information content (AvgIpc) is 2.25. The van der Waals surface area contributed by atoms with Crippen LogP contribution in [0.3, 0.4) is 0 Å². The SMILES string of the molecule is CC(NC(=O)c1cc(N)cc(Cl)c1)C(=O)NC(C)(C)C. The van der Waals surface area contributed by atoms with Gasteiger partial charge in [0.05, 0.1) is 0 Å². The summed E-state index contributed by atoms with van der Waals surface area (Å²) in [6, 6.07) is 3.91. The fourth-order valence-corrected chi connectivity index (χ4v) is 1.81. The van der Waals surface area contributed by atoms with Gasteiger partial charge in [-0.3, -0.25) is 9.59 Å². The normalized spacial score (nSPS) is 12.7. The first-order valence-electron chi connectivity index (χ1n) is 6.27. The van der Waals surface area contributed by atoms with Gasteiger partial charge in [0, 0.05) is 21.8 Å². The minimum absolute atomic E-state index is 0.249. The Morgan fingerprint density at radius 2 is 1.85 bits per heavy atom. The number of rotatable bonds is 3. The number of carbonyl (C=O) groups is 2. The standard InChI is InChI=1S/C14H20ClN3O2/c1-8(12(19)18-14(2,3)4)17-13(20)9-5-10(15)7-11(16)6-9/h5-8H,16H2,1-4H3,(H,17,20)(H,18,19). The molecular formula is C14H20ClN3O2. The Hall–Kier alpha value is -1.75. The summed E-state index contributed by atoms with van der Waals surface area (Å²) in [5.41, 5.74) is 6.00. The molecule has 1 unspecified atom stereocenters. The third-order valence-electron chi connectivity index (χ3n) is 2.42. The maximum Gasteiger partial charge on any atom is 0.252 e. The van der Waals surface area contributed by atoms with E-state index >= 15 is 0 Å². The molecule has 1 aromatic carbocycles. The zero-order valence-corrected chi connectivity index (χ0v) is 12.8. The number of benzene rings is 1. The molecule has 110 valence electrons. The Balaban J connectivity index is 2.72. The molecule has 0 saturated carbocycles. The minimum Gasteiger partial charge on any atom is -0.399 e. The largest absolute Gasteiger partial charge is 0.399 e. The lowest BCUT2D eigenvalue weighted by Crippen LogP contribution is -2.50. The van der Waals surface area contributed by atoms with Crippen LogP contribution >= 0.6 is 11.6 Å². The second-order valence-electron chi connectivity index (χ2n) is 5.71. The van der Waals surface area contributed by atoms with Crippen LogP contribution in [0.5, 0.6) is 0 Å². The number of nitrogens with one attached hydrogen (secondary N) is 2. The van der Waals surface area contributed by atoms with Gasteiger partial charge in [-0.15, -0.1) is 0 Å². The molecule has 1 aromatic rings. The Bertz CT molecular complexity index is 503. The predicted molar refractivity (Wildman–Crippen MR) is 80.7 cm³/mol. The topological polar surface area (TPSA) is 84.2 Å². The lowest BCUT2D eigenvalue weighted by molar-refractivity contribution is -0.124. The van der Waals surface area contributed by atoms with Gasteiger partial charge in [-0.25, -0.2) is 0 Å². The van der Waals surface area contributed by atoms with E-state index < -0.39 is 11.9 Å². The van der Waals surface area contributed by atoms with Crippen molar-refractivity contribution in [2.75, 3.05) is 5.73 Å². The third-order valence-corrected chi connectivity index (χ3v) is 2.64. The van der Waals surface area contributed by atoms with E-state index in [1.165, 1.54) is 12.1 Å². The maximum absolute atomic E-state index is 12.0. The number of hydrogen-bond acceptors (Lipinski definition) is 3. The van der Waals surface area contributed by atoms with Crippen molar-refractivity contribution in [3.05, 3.63) is 28.8 Å². The molecule has 1 rings (SSSR count). The summed E-state index contributed by atoms with van der Waals surface area (Å²) >= 11 is 5.84. The fraction of sp³-hybridized carbons (Fsp3) is 0.429. The molecule has 0 aliphatic heterocycles. The molecule has 4 N–H and O–H groups in total. The van der Waals surface area contributed by atoms with E-state index in [0.717, 1.165) is 0 Å². The Labute approximate surface area is 123 Å². The molecule has 6 heteroatoms. The van der Waals surface area contributed by atoms with Gasteiger partial charge in [0.15, 0.2) is 0 Å². The Morgan fingerprint density at radius 1 is 1.25 bits per heavy atom. The predicted octanol–water partition coefficient (Wildman–Crippen LogP) is 1.96. The molecule has 0 aliphatic rings. The first kappa shape index (κ1) is 16.3. The van der Waals surface area contributed by atoms with E-state index in [9.17, 15) is 9.59 Å². The van der Waals surface area contributed by atoms with Crippen LogP contribution in [0.25, 0.3) is 0 Å². The van der Waals surface area contributed by atoms with Crippen LogP contribution in [0.1, 0.15) is 38.1 Å². The van der Waals surface area contributed by atoms with E-state index in [-0.39, 0.29) is 11.4 Å². The van der Waals surface area contributed by atoms with Gasteiger partial charge < -0.3 is 16.4 Å². The summed E-state index contributed by atoms with van der Waals surface area (Å²) in [6.07, 6.45) is 0. The van der Waals surface area contributed by atoms with E-state index in [4.69, 9.17) is 17.3 Å². The lowest BCUT2D eigenvalue weighted by atomic mass is 10.1. The fourth-order valence-electron chi connectivity index (χ4n) is 1.57.